The Morgan fingerprint density at radius 1 is 1.18 bits per heavy atom. The molecule has 1 rings (SSSR count). The van der Waals surface area contributed by atoms with Crippen LogP contribution in [-0.2, 0) is 0 Å². The number of hydrogen-bond donors (Lipinski definition) is 1. The van der Waals surface area contributed by atoms with E-state index < -0.39 is 8.07 Å². The van der Waals surface area contributed by atoms with Gasteiger partial charge in [-0.2, -0.15) is 0 Å². The molecule has 1 aromatic carbocycles. The van der Waals surface area contributed by atoms with Crippen LogP contribution in [0.3, 0.4) is 0 Å². The maximum atomic E-state index is 6.35. The molecule has 17 heavy (non-hydrogen) atoms. The molecule has 0 fully saturated rings. The summed E-state index contributed by atoms with van der Waals surface area (Å²) in [6.07, 6.45) is 0. The van der Waals surface area contributed by atoms with Gasteiger partial charge < -0.3 is 5.73 Å². The molecule has 96 valence electrons. The smallest absolute Gasteiger partial charge is 0.0546 e. The van der Waals surface area contributed by atoms with Crippen molar-refractivity contribution in [2.75, 3.05) is 0 Å². The minimum Gasteiger partial charge on any atom is -0.324 e. The molecule has 0 saturated heterocycles. The third kappa shape index (κ3) is 3.93. The first-order valence-corrected chi connectivity index (χ1v) is 10.1. The van der Waals surface area contributed by atoms with Crippen LogP contribution in [0.1, 0.15) is 32.4 Å². The van der Waals surface area contributed by atoms with Crippen LogP contribution in [0.4, 0.5) is 0 Å². The van der Waals surface area contributed by atoms with Gasteiger partial charge in [-0.3, -0.25) is 0 Å². The summed E-state index contributed by atoms with van der Waals surface area (Å²) in [5.41, 5.74) is 7.60. The van der Waals surface area contributed by atoms with E-state index >= 15 is 0 Å². The zero-order valence-corrected chi connectivity index (χ0v) is 14.1. The van der Waals surface area contributed by atoms with Crippen LogP contribution in [0.2, 0.25) is 24.2 Å². The lowest BCUT2D eigenvalue weighted by Gasteiger charge is -2.38. The van der Waals surface area contributed by atoms with Gasteiger partial charge in [-0.1, -0.05) is 61.9 Å². The monoisotopic (exact) mass is 313 g/mol. The molecule has 0 aliphatic heterocycles. The highest BCUT2D eigenvalue weighted by molar-refractivity contribution is 9.10. The van der Waals surface area contributed by atoms with Gasteiger partial charge in [-0.15, -0.1) is 0 Å². The SMILES string of the molecule is CC(C)(C)[Si](C)(C)CC(N)c1ccc(Br)cc1. The molecule has 3 heteroatoms. The van der Waals surface area contributed by atoms with Crippen molar-refractivity contribution in [2.45, 2.75) is 51.0 Å². The predicted molar refractivity (Wildman–Crippen MR) is 83.1 cm³/mol. The van der Waals surface area contributed by atoms with Gasteiger partial charge in [0.1, 0.15) is 0 Å². The van der Waals surface area contributed by atoms with E-state index in [1.54, 1.807) is 0 Å². The molecule has 0 bridgehead atoms. The van der Waals surface area contributed by atoms with Crippen molar-refractivity contribution < 1.29 is 0 Å². The molecule has 0 spiro atoms. The normalized spacial score (nSPS) is 14.8. The standard InChI is InChI=1S/C14H24BrNSi/c1-14(2,3)17(4,5)10-13(16)11-6-8-12(15)9-7-11/h6-9,13H,10,16H2,1-5H3. The summed E-state index contributed by atoms with van der Waals surface area (Å²) in [5.74, 6) is 0. The molecule has 1 aromatic rings. The van der Waals surface area contributed by atoms with Crippen LogP contribution in [0.5, 0.6) is 0 Å². The largest absolute Gasteiger partial charge is 0.324 e. The van der Waals surface area contributed by atoms with E-state index in [9.17, 15) is 0 Å². The van der Waals surface area contributed by atoms with E-state index in [1.165, 1.54) is 5.56 Å². The van der Waals surface area contributed by atoms with Crippen molar-refractivity contribution in [2.24, 2.45) is 5.73 Å². The third-order valence-electron chi connectivity index (χ3n) is 4.06. The van der Waals surface area contributed by atoms with Gasteiger partial charge in [-0.25, -0.2) is 0 Å². The average Bonchev–Trinajstić information content (AvgIpc) is 2.16. The molecule has 0 saturated carbocycles. The number of nitrogens with two attached hydrogens (primary N) is 1. The Kier molecular flexibility index (Phi) is 4.61. The van der Waals surface area contributed by atoms with Crippen LogP contribution in [-0.4, -0.2) is 8.07 Å². The van der Waals surface area contributed by atoms with E-state index in [4.69, 9.17) is 5.73 Å². The fourth-order valence-corrected chi connectivity index (χ4v) is 3.90. The Morgan fingerprint density at radius 2 is 1.65 bits per heavy atom. The number of hydrogen-bond acceptors (Lipinski definition) is 1. The maximum Gasteiger partial charge on any atom is 0.0546 e. The van der Waals surface area contributed by atoms with Crippen LogP contribution in [0.25, 0.3) is 0 Å². The Bertz CT molecular complexity index is 365. The summed E-state index contributed by atoms with van der Waals surface area (Å²) in [6, 6.07) is 9.70. The Morgan fingerprint density at radius 3 is 2.06 bits per heavy atom. The van der Waals surface area contributed by atoms with Gasteiger partial charge in [0.2, 0.25) is 0 Å². The van der Waals surface area contributed by atoms with Crippen molar-refractivity contribution in [3.05, 3.63) is 34.3 Å². The lowest BCUT2D eigenvalue weighted by Crippen LogP contribution is -2.39. The molecule has 0 aliphatic rings. The summed E-state index contributed by atoms with van der Waals surface area (Å²) in [4.78, 5) is 0. The van der Waals surface area contributed by atoms with Crippen molar-refractivity contribution in [1.82, 2.24) is 0 Å². The van der Waals surface area contributed by atoms with Crippen molar-refractivity contribution >= 4 is 24.0 Å². The highest BCUT2D eigenvalue weighted by Gasteiger charge is 2.36. The molecular weight excluding hydrogens is 290 g/mol. The first kappa shape index (κ1) is 14.9. The second kappa shape index (κ2) is 5.25. The van der Waals surface area contributed by atoms with Crippen LogP contribution in [0.15, 0.2) is 28.7 Å². The molecule has 0 amide bonds. The average molecular weight is 314 g/mol. The highest BCUT2D eigenvalue weighted by atomic mass is 79.9. The summed E-state index contributed by atoms with van der Waals surface area (Å²) in [5, 5.41) is 0.403. The van der Waals surface area contributed by atoms with E-state index in [0.29, 0.717) is 5.04 Å². The van der Waals surface area contributed by atoms with Crippen molar-refractivity contribution in [3.63, 3.8) is 0 Å². The van der Waals surface area contributed by atoms with Crippen molar-refractivity contribution in [3.8, 4) is 0 Å². The first-order chi connectivity index (χ1) is 7.63. The molecule has 1 nitrogen and oxygen atoms in total. The summed E-state index contributed by atoms with van der Waals surface area (Å²) < 4.78 is 1.11. The van der Waals surface area contributed by atoms with Gasteiger partial charge >= 0.3 is 0 Å². The molecule has 1 atom stereocenters. The minimum absolute atomic E-state index is 0.170. The number of benzene rings is 1. The Hall–Kier alpha value is -0.123. The minimum atomic E-state index is -1.30. The molecule has 0 aliphatic carbocycles. The quantitative estimate of drug-likeness (QED) is 0.784. The molecule has 2 N–H and O–H groups in total. The summed E-state index contributed by atoms with van der Waals surface area (Å²) >= 11 is 3.46. The lowest BCUT2D eigenvalue weighted by atomic mass is 10.1. The third-order valence-corrected chi connectivity index (χ3v) is 10.1. The summed E-state index contributed by atoms with van der Waals surface area (Å²) in [7, 11) is -1.30. The molecular formula is C14H24BrNSi. The van der Waals surface area contributed by atoms with Gasteiger partial charge in [0.25, 0.3) is 0 Å². The van der Waals surface area contributed by atoms with Crippen LogP contribution >= 0.6 is 15.9 Å². The fourth-order valence-electron chi connectivity index (χ4n) is 1.68. The van der Waals surface area contributed by atoms with Crippen LogP contribution in [0, 0.1) is 0 Å². The van der Waals surface area contributed by atoms with E-state index in [2.05, 4.69) is 74.1 Å². The van der Waals surface area contributed by atoms with E-state index in [-0.39, 0.29) is 6.04 Å². The van der Waals surface area contributed by atoms with Crippen LogP contribution < -0.4 is 5.73 Å². The number of rotatable bonds is 3. The topological polar surface area (TPSA) is 26.0 Å². The van der Waals surface area contributed by atoms with Gasteiger partial charge in [0, 0.05) is 10.5 Å². The Labute approximate surface area is 115 Å². The first-order valence-electron chi connectivity index (χ1n) is 6.14. The highest BCUT2D eigenvalue weighted by Crippen LogP contribution is 2.41. The molecule has 0 aromatic heterocycles. The van der Waals surface area contributed by atoms with Gasteiger partial charge in [0.05, 0.1) is 8.07 Å². The van der Waals surface area contributed by atoms with Gasteiger partial charge in [-0.05, 0) is 28.8 Å². The maximum absolute atomic E-state index is 6.35. The molecule has 1 unspecified atom stereocenters. The second-order valence-corrected chi connectivity index (χ2v) is 13.1. The number of halogens is 1. The zero-order valence-electron chi connectivity index (χ0n) is 11.5. The van der Waals surface area contributed by atoms with Gasteiger partial charge in [0.15, 0.2) is 0 Å². The zero-order chi connectivity index (χ0) is 13.3. The molecule has 0 heterocycles. The Balaban J connectivity index is 2.79. The lowest BCUT2D eigenvalue weighted by molar-refractivity contribution is 0.687. The second-order valence-electron chi connectivity index (χ2n) is 6.50. The fraction of sp³-hybridized carbons (Fsp3) is 0.571. The van der Waals surface area contributed by atoms with E-state index in [1.807, 2.05) is 0 Å². The predicted octanol–water partition coefficient (Wildman–Crippen LogP) is 4.96. The molecule has 0 radical (unpaired) electrons. The van der Waals surface area contributed by atoms with Crippen molar-refractivity contribution in [1.29, 1.82) is 0 Å². The van der Waals surface area contributed by atoms with E-state index in [0.717, 1.165) is 10.5 Å². The summed E-state index contributed by atoms with van der Waals surface area (Å²) in [6.45, 7) is 11.9.